The van der Waals surface area contributed by atoms with E-state index < -0.39 is 0 Å². The summed E-state index contributed by atoms with van der Waals surface area (Å²) < 4.78 is 0. The van der Waals surface area contributed by atoms with E-state index in [4.69, 9.17) is 11.5 Å². The second-order valence-corrected chi connectivity index (χ2v) is 8.08. The van der Waals surface area contributed by atoms with Crippen molar-refractivity contribution in [3.05, 3.63) is 109 Å². The first-order valence-corrected chi connectivity index (χ1v) is 10.9. The summed E-state index contributed by atoms with van der Waals surface area (Å²) in [6.45, 7) is 4.53. The van der Waals surface area contributed by atoms with Gasteiger partial charge in [0.15, 0.2) is 0 Å². The van der Waals surface area contributed by atoms with Gasteiger partial charge < -0.3 is 21.3 Å². The van der Waals surface area contributed by atoms with Gasteiger partial charge in [0.1, 0.15) is 0 Å². The summed E-state index contributed by atoms with van der Waals surface area (Å²) in [6.07, 6.45) is 0. The van der Waals surface area contributed by atoms with Crippen molar-refractivity contribution in [1.29, 1.82) is 0 Å². The molecule has 4 aromatic carbocycles. The molecule has 0 saturated carbocycles. The second kappa shape index (κ2) is 9.48. The highest BCUT2D eigenvalue weighted by molar-refractivity contribution is 5.69. The molecule has 0 fully saturated rings. The third-order valence-corrected chi connectivity index (χ3v) is 5.92. The molecule has 0 bridgehead atoms. The van der Waals surface area contributed by atoms with Gasteiger partial charge in [-0.15, -0.1) is 0 Å². The van der Waals surface area contributed by atoms with Crippen LogP contribution in [0, 0.1) is 0 Å². The Morgan fingerprint density at radius 1 is 0.438 bits per heavy atom. The smallest absolute Gasteiger partial charge is 0.0519 e. The van der Waals surface area contributed by atoms with Gasteiger partial charge in [-0.25, -0.2) is 0 Å². The summed E-state index contributed by atoms with van der Waals surface area (Å²) in [7, 11) is 0. The van der Waals surface area contributed by atoms with Gasteiger partial charge in [-0.2, -0.15) is 0 Å². The molecule has 4 heteroatoms. The average Bonchev–Trinajstić information content (AvgIpc) is 2.83. The summed E-state index contributed by atoms with van der Waals surface area (Å²) in [6, 6.07) is 37.4. The number of nitrogen functional groups attached to an aromatic ring is 2. The van der Waals surface area contributed by atoms with E-state index in [1.54, 1.807) is 0 Å². The fourth-order valence-electron chi connectivity index (χ4n) is 4.12. The van der Waals surface area contributed by atoms with Crippen LogP contribution >= 0.6 is 0 Å². The summed E-state index contributed by atoms with van der Waals surface area (Å²) in [5, 5.41) is 0. The molecular weight excluding hydrogens is 392 g/mol. The molecule has 32 heavy (non-hydrogen) atoms. The normalized spacial score (nSPS) is 12.7. The van der Waals surface area contributed by atoms with E-state index in [9.17, 15) is 0 Å². The van der Waals surface area contributed by atoms with Crippen molar-refractivity contribution in [3.63, 3.8) is 0 Å². The summed E-state index contributed by atoms with van der Waals surface area (Å²) in [5.74, 6) is 0. The van der Waals surface area contributed by atoms with E-state index >= 15 is 0 Å². The summed E-state index contributed by atoms with van der Waals surface area (Å²) >= 11 is 0. The van der Waals surface area contributed by atoms with E-state index in [1.165, 1.54) is 0 Å². The molecule has 0 aliphatic heterocycles. The molecule has 162 valence electrons. The zero-order valence-electron chi connectivity index (χ0n) is 18.6. The van der Waals surface area contributed by atoms with Crippen LogP contribution in [0.3, 0.4) is 0 Å². The monoisotopic (exact) mass is 422 g/mol. The lowest BCUT2D eigenvalue weighted by Crippen LogP contribution is -2.45. The molecule has 0 aliphatic carbocycles. The van der Waals surface area contributed by atoms with Crippen molar-refractivity contribution in [2.75, 3.05) is 21.3 Å². The first-order valence-electron chi connectivity index (χ1n) is 10.9. The lowest BCUT2D eigenvalue weighted by atomic mass is 10.0. The Hall–Kier alpha value is -3.92. The molecule has 2 unspecified atom stereocenters. The topological polar surface area (TPSA) is 58.5 Å². The van der Waals surface area contributed by atoms with E-state index in [2.05, 4.69) is 96.4 Å². The van der Waals surface area contributed by atoms with Gasteiger partial charge in [0.25, 0.3) is 0 Å². The number of anilines is 6. The van der Waals surface area contributed by atoms with Crippen LogP contribution in [0.2, 0.25) is 0 Å². The Bertz CT molecular complexity index is 1020. The highest BCUT2D eigenvalue weighted by atomic mass is 15.3. The fourth-order valence-corrected chi connectivity index (χ4v) is 4.12. The Labute approximate surface area is 190 Å². The minimum atomic E-state index is 0.138. The Morgan fingerprint density at radius 3 is 1.03 bits per heavy atom. The number of benzene rings is 4. The Morgan fingerprint density at radius 2 is 0.719 bits per heavy atom. The number of hydrogen-bond donors (Lipinski definition) is 2. The standard InChI is InChI=1S/C28H30N4/c1-21(31(25-9-5-3-6-10-25)27-17-13-23(29)14-18-27)22(2)32(26-11-7-4-8-12-26)28-19-15-24(30)16-20-28/h3-22H,29-30H2,1-2H3. The van der Waals surface area contributed by atoms with Crippen molar-refractivity contribution in [1.82, 2.24) is 0 Å². The number of hydrogen-bond acceptors (Lipinski definition) is 4. The van der Waals surface area contributed by atoms with Gasteiger partial charge in [-0.1, -0.05) is 36.4 Å². The molecule has 2 atom stereocenters. The fraction of sp³-hybridized carbons (Fsp3) is 0.143. The van der Waals surface area contributed by atoms with Crippen molar-refractivity contribution in [2.45, 2.75) is 25.9 Å². The molecule has 0 heterocycles. The van der Waals surface area contributed by atoms with Crippen molar-refractivity contribution >= 4 is 34.1 Å². The second-order valence-electron chi connectivity index (χ2n) is 8.08. The van der Waals surface area contributed by atoms with Crippen LogP contribution in [0.15, 0.2) is 109 Å². The van der Waals surface area contributed by atoms with Crippen LogP contribution in [-0.2, 0) is 0 Å². The number of para-hydroxylation sites is 2. The Balaban J connectivity index is 1.77. The number of nitrogens with two attached hydrogens (primary N) is 2. The van der Waals surface area contributed by atoms with Crippen LogP contribution in [0.5, 0.6) is 0 Å². The summed E-state index contributed by atoms with van der Waals surface area (Å²) in [5.41, 5.74) is 18.0. The van der Waals surface area contributed by atoms with Crippen molar-refractivity contribution < 1.29 is 0 Å². The van der Waals surface area contributed by atoms with E-state index in [0.29, 0.717) is 0 Å². The van der Waals surface area contributed by atoms with Gasteiger partial charge >= 0.3 is 0 Å². The number of nitrogens with zero attached hydrogens (tertiary/aromatic N) is 2. The molecule has 0 radical (unpaired) electrons. The lowest BCUT2D eigenvalue weighted by molar-refractivity contribution is 0.576. The minimum Gasteiger partial charge on any atom is -0.399 e. The van der Waals surface area contributed by atoms with Gasteiger partial charge in [-0.3, -0.25) is 0 Å². The van der Waals surface area contributed by atoms with E-state index in [0.717, 1.165) is 34.1 Å². The van der Waals surface area contributed by atoms with E-state index in [-0.39, 0.29) is 12.1 Å². The first kappa shape index (κ1) is 21.3. The third kappa shape index (κ3) is 4.54. The highest BCUT2D eigenvalue weighted by Crippen LogP contribution is 2.35. The van der Waals surface area contributed by atoms with Crippen LogP contribution < -0.4 is 21.3 Å². The highest BCUT2D eigenvalue weighted by Gasteiger charge is 2.28. The van der Waals surface area contributed by atoms with Crippen LogP contribution in [0.25, 0.3) is 0 Å². The van der Waals surface area contributed by atoms with Gasteiger partial charge in [0, 0.05) is 34.1 Å². The third-order valence-electron chi connectivity index (χ3n) is 5.92. The van der Waals surface area contributed by atoms with Crippen LogP contribution in [-0.4, -0.2) is 12.1 Å². The molecule has 4 nitrogen and oxygen atoms in total. The van der Waals surface area contributed by atoms with Crippen molar-refractivity contribution in [3.8, 4) is 0 Å². The average molecular weight is 423 g/mol. The van der Waals surface area contributed by atoms with Gasteiger partial charge in [0.05, 0.1) is 12.1 Å². The molecule has 0 spiro atoms. The molecule has 0 amide bonds. The lowest BCUT2D eigenvalue weighted by Gasteiger charge is -2.41. The molecule has 0 aromatic heterocycles. The molecule has 4 aromatic rings. The Kier molecular flexibility index (Phi) is 6.31. The first-order chi connectivity index (χ1) is 15.5. The van der Waals surface area contributed by atoms with Gasteiger partial charge in [-0.05, 0) is 86.6 Å². The van der Waals surface area contributed by atoms with Crippen molar-refractivity contribution in [2.24, 2.45) is 0 Å². The maximum Gasteiger partial charge on any atom is 0.0519 e. The SMILES string of the molecule is CC(C(C)N(c1ccccc1)c1ccc(N)cc1)N(c1ccccc1)c1ccc(N)cc1. The number of rotatable bonds is 7. The largest absolute Gasteiger partial charge is 0.399 e. The zero-order chi connectivity index (χ0) is 22.5. The summed E-state index contributed by atoms with van der Waals surface area (Å²) in [4.78, 5) is 4.74. The van der Waals surface area contributed by atoms with Crippen LogP contribution in [0.1, 0.15) is 13.8 Å². The van der Waals surface area contributed by atoms with Gasteiger partial charge in [0.2, 0.25) is 0 Å². The minimum absolute atomic E-state index is 0.138. The van der Waals surface area contributed by atoms with Crippen LogP contribution in [0.4, 0.5) is 34.1 Å². The maximum absolute atomic E-state index is 5.98. The molecule has 0 saturated heterocycles. The molecule has 4 rings (SSSR count). The quantitative estimate of drug-likeness (QED) is 0.329. The van der Waals surface area contributed by atoms with E-state index in [1.807, 2.05) is 36.4 Å². The predicted octanol–water partition coefficient (Wildman–Crippen LogP) is 6.60. The molecule has 4 N–H and O–H groups in total. The molecule has 0 aliphatic rings. The molecular formula is C28H30N4. The predicted molar refractivity (Wildman–Crippen MR) is 138 cm³/mol. The zero-order valence-corrected chi connectivity index (χ0v) is 18.6. The maximum atomic E-state index is 5.98.